The maximum absolute atomic E-state index is 9.08. The smallest absolute Gasteiger partial charge is 0.126 e. The van der Waals surface area contributed by atoms with Crippen LogP contribution in [0.15, 0.2) is 36.5 Å². The topological polar surface area (TPSA) is 63.4 Å². The molecule has 24 heavy (non-hydrogen) atoms. The van der Waals surface area contributed by atoms with Gasteiger partial charge in [-0.3, -0.25) is 4.90 Å². The molecule has 0 radical (unpaired) electrons. The lowest BCUT2D eigenvalue weighted by atomic mass is 10.1. The van der Waals surface area contributed by atoms with Gasteiger partial charge in [-0.15, -0.1) is 5.10 Å². The van der Waals surface area contributed by atoms with Crippen molar-refractivity contribution >= 4 is 6.08 Å². The van der Waals surface area contributed by atoms with E-state index in [-0.39, 0.29) is 6.61 Å². The average molecular weight is 328 g/mol. The summed E-state index contributed by atoms with van der Waals surface area (Å²) in [6.45, 7) is 2.96. The fraction of sp³-hybridized carbons (Fsp3) is 0.444. The number of benzene rings is 1. The van der Waals surface area contributed by atoms with Gasteiger partial charge in [0, 0.05) is 25.2 Å². The van der Waals surface area contributed by atoms with Crippen LogP contribution in [0.25, 0.3) is 6.08 Å². The van der Waals surface area contributed by atoms with Crippen molar-refractivity contribution in [3.63, 3.8) is 0 Å². The molecule has 0 amide bonds. The third kappa shape index (κ3) is 4.01. The lowest BCUT2D eigenvalue weighted by Gasteiger charge is -2.30. The van der Waals surface area contributed by atoms with Crippen LogP contribution in [0.5, 0.6) is 5.75 Å². The minimum Gasteiger partial charge on any atom is -0.496 e. The molecule has 6 nitrogen and oxygen atoms in total. The highest BCUT2D eigenvalue weighted by Crippen LogP contribution is 2.22. The third-order valence-corrected chi connectivity index (χ3v) is 4.45. The molecule has 0 unspecified atom stereocenters. The maximum atomic E-state index is 9.08. The predicted molar refractivity (Wildman–Crippen MR) is 92.7 cm³/mol. The summed E-state index contributed by atoms with van der Waals surface area (Å²) in [5.74, 6) is 0.901. The van der Waals surface area contributed by atoms with E-state index in [9.17, 15) is 0 Å². The molecule has 3 rings (SSSR count). The second kappa shape index (κ2) is 8.08. The Morgan fingerprint density at radius 2 is 2.08 bits per heavy atom. The van der Waals surface area contributed by atoms with Crippen LogP contribution in [0, 0.1) is 0 Å². The first-order valence-electron chi connectivity index (χ1n) is 8.33. The highest BCUT2D eigenvalue weighted by atomic mass is 16.5. The number of aliphatic hydroxyl groups is 1. The quantitative estimate of drug-likeness (QED) is 0.880. The third-order valence-electron chi connectivity index (χ3n) is 4.45. The molecule has 2 aromatic rings. The van der Waals surface area contributed by atoms with E-state index in [0.717, 1.165) is 43.8 Å². The molecule has 6 heteroatoms. The lowest BCUT2D eigenvalue weighted by Crippen LogP contribution is -2.34. The lowest BCUT2D eigenvalue weighted by molar-refractivity contribution is 0.194. The summed E-state index contributed by atoms with van der Waals surface area (Å²) in [4.78, 5) is 2.44. The molecule has 0 spiro atoms. The van der Waals surface area contributed by atoms with Gasteiger partial charge in [-0.05, 0) is 18.9 Å². The SMILES string of the molecule is COc1ccccc1/C=C/CN1CCC(n2cc(CO)nn2)CC1. The number of likely N-dealkylation sites (tertiary alicyclic amines) is 1. The fourth-order valence-electron chi connectivity index (χ4n) is 3.06. The minimum atomic E-state index is -0.0490. The van der Waals surface area contributed by atoms with Crippen molar-refractivity contribution in [2.75, 3.05) is 26.7 Å². The number of para-hydroxylation sites is 1. The van der Waals surface area contributed by atoms with Gasteiger partial charge >= 0.3 is 0 Å². The van der Waals surface area contributed by atoms with Crippen molar-refractivity contribution in [1.82, 2.24) is 19.9 Å². The van der Waals surface area contributed by atoms with Crippen LogP contribution in [0.2, 0.25) is 0 Å². The van der Waals surface area contributed by atoms with Crippen LogP contribution in [0.1, 0.15) is 30.1 Å². The maximum Gasteiger partial charge on any atom is 0.126 e. The first-order chi connectivity index (χ1) is 11.8. The van der Waals surface area contributed by atoms with Crippen molar-refractivity contribution in [2.45, 2.75) is 25.5 Å². The first-order valence-corrected chi connectivity index (χ1v) is 8.33. The normalized spacial score (nSPS) is 16.8. The molecule has 1 aliphatic heterocycles. The second-order valence-corrected chi connectivity index (χ2v) is 6.02. The Kier molecular flexibility index (Phi) is 5.61. The van der Waals surface area contributed by atoms with E-state index >= 15 is 0 Å². The number of aliphatic hydroxyl groups excluding tert-OH is 1. The molecular weight excluding hydrogens is 304 g/mol. The monoisotopic (exact) mass is 328 g/mol. The Morgan fingerprint density at radius 1 is 1.29 bits per heavy atom. The summed E-state index contributed by atoms with van der Waals surface area (Å²) in [6, 6.07) is 8.42. The average Bonchev–Trinajstić information content (AvgIpc) is 3.12. The van der Waals surface area contributed by atoms with Gasteiger partial charge < -0.3 is 9.84 Å². The molecule has 0 aliphatic carbocycles. The van der Waals surface area contributed by atoms with Crippen molar-refractivity contribution < 1.29 is 9.84 Å². The van der Waals surface area contributed by atoms with Gasteiger partial charge in [-0.2, -0.15) is 0 Å². The Balaban J connectivity index is 1.49. The highest BCUT2D eigenvalue weighted by Gasteiger charge is 2.20. The van der Waals surface area contributed by atoms with Crippen molar-refractivity contribution in [3.05, 3.63) is 47.8 Å². The molecule has 2 heterocycles. The number of ether oxygens (including phenoxy) is 1. The first kappa shape index (κ1) is 16.7. The van der Waals surface area contributed by atoms with Crippen LogP contribution in [0.3, 0.4) is 0 Å². The van der Waals surface area contributed by atoms with E-state index < -0.39 is 0 Å². The molecule has 128 valence electrons. The van der Waals surface area contributed by atoms with E-state index in [0.29, 0.717) is 11.7 Å². The highest BCUT2D eigenvalue weighted by molar-refractivity contribution is 5.57. The standard InChI is InChI=1S/C18H24N4O2/c1-24-18-7-3-2-5-15(18)6-4-10-21-11-8-17(9-12-21)22-13-16(14-23)19-20-22/h2-7,13,17,23H,8-12,14H2,1H3/b6-4+. The van der Waals surface area contributed by atoms with E-state index in [1.165, 1.54) is 0 Å². The van der Waals surface area contributed by atoms with Gasteiger partial charge in [0.05, 0.1) is 26.0 Å². The van der Waals surface area contributed by atoms with E-state index in [4.69, 9.17) is 9.84 Å². The Hall–Kier alpha value is -2.18. The van der Waals surface area contributed by atoms with E-state index in [1.54, 1.807) is 7.11 Å². The summed E-state index contributed by atoms with van der Waals surface area (Å²) in [5, 5.41) is 17.2. The van der Waals surface area contributed by atoms with Crippen LogP contribution < -0.4 is 4.74 Å². The molecule has 1 aliphatic rings. The Bertz CT molecular complexity index is 675. The van der Waals surface area contributed by atoms with Gasteiger partial charge in [-0.1, -0.05) is 35.6 Å². The van der Waals surface area contributed by atoms with Crippen LogP contribution >= 0.6 is 0 Å². The van der Waals surface area contributed by atoms with Crippen LogP contribution in [-0.2, 0) is 6.61 Å². The zero-order valence-electron chi connectivity index (χ0n) is 14.0. The summed E-state index contributed by atoms with van der Waals surface area (Å²) in [6.07, 6.45) is 8.27. The largest absolute Gasteiger partial charge is 0.496 e. The molecule has 1 aromatic carbocycles. The predicted octanol–water partition coefficient (Wildman–Crippen LogP) is 2.13. The molecule has 1 fully saturated rings. The Morgan fingerprint density at radius 3 is 2.79 bits per heavy atom. The van der Waals surface area contributed by atoms with Gasteiger partial charge in [-0.25, -0.2) is 4.68 Å². The van der Waals surface area contributed by atoms with Gasteiger partial charge in [0.25, 0.3) is 0 Å². The molecule has 1 saturated heterocycles. The molecular formula is C18H24N4O2. The summed E-state index contributed by atoms with van der Waals surface area (Å²) < 4.78 is 7.26. The number of rotatable bonds is 6. The second-order valence-electron chi connectivity index (χ2n) is 6.02. The van der Waals surface area contributed by atoms with E-state index in [2.05, 4.69) is 33.4 Å². The summed E-state index contributed by atoms with van der Waals surface area (Å²) >= 11 is 0. The fourth-order valence-corrected chi connectivity index (χ4v) is 3.06. The van der Waals surface area contributed by atoms with Crippen molar-refractivity contribution in [2.24, 2.45) is 0 Å². The van der Waals surface area contributed by atoms with Crippen molar-refractivity contribution in [3.8, 4) is 5.75 Å². The number of methoxy groups -OCH3 is 1. The number of piperidine rings is 1. The molecule has 1 N–H and O–H groups in total. The van der Waals surface area contributed by atoms with Crippen LogP contribution in [0.4, 0.5) is 0 Å². The summed E-state index contributed by atoms with van der Waals surface area (Å²) in [7, 11) is 1.70. The molecule has 0 saturated carbocycles. The number of nitrogens with zero attached hydrogens (tertiary/aromatic N) is 4. The van der Waals surface area contributed by atoms with Crippen LogP contribution in [-0.4, -0.2) is 51.7 Å². The summed E-state index contributed by atoms with van der Waals surface area (Å²) in [5.41, 5.74) is 1.74. The minimum absolute atomic E-state index is 0.0490. The molecule has 1 aromatic heterocycles. The van der Waals surface area contributed by atoms with Gasteiger partial charge in [0.1, 0.15) is 11.4 Å². The zero-order valence-corrected chi connectivity index (χ0v) is 14.0. The van der Waals surface area contributed by atoms with Gasteiger partial charge in [0.15, 0.2) is 0 Å². The van der Waals surface area contributed by atoms with Crippen molar-refractivity contribution in [1.29, 1.82) is 0 Å². The number of hydrogen-bond donors (Lipinski definition) is 1. The van der Waals surface area contributed by atoms with Gasteiger partial charge in [0.2, 0.25) is 0 Å². The molecule has 0 bridgehead atoms. The van der Waals surface area contributed by atoms with E-state index in [1.807, 2.05) is 29.1 Å². The number of aromatic nitrogens is 3. The Labute approximate surface area is 142 Å². The zero-order chi connectivity index (χ0) is 16.8. The molecule has 0 atom stereocenters. The number of hydrogen-bond acceptors (Lipinski definition) is 5.